The molecule has 11 heteroatoms. The number of amides is 3. The number of rotatable bonds is 11. The number of benzene rings is 1. The van der Waals surface area contributed by atoms with Crippen LogP contribution in [-0.4, -0.2) is 69.7 Å². The molecule has 1 aromatic carbocycles. The van der Waals surface area contributed by atoms with Gasteiger partial charge in [-0.25, -0.2) is 9.59 Å². The van der Waals surface area contributed by atoms with E-state index in [2.05, 4.69) is 47.2 Å². The molecule has 3 N–H and O–H groups in total. The van der Waals surface area contributed by atoms with Crippen LogP contribution in [-0.2, 0) is 33.3 Å². The maximum atomic E-state index is 13.5. The van der Waals surface area contributed by atoms with E-state index >= 15 is 0 Å². The number of ether oxygens (including phenoxy) is 4. The molecule has 0 bridgehead atoms. The summed E-state index contributed by atoms with van der Waals surface area (Å²) in [5.74, 6) is -1.38. The summed E-state index contributed by atoms with van der Waals surface area (Å²) >= 11 is 0. The Kier molecular flexibility index (Phi) is 22.8. The average molecular weight is 798 g/mol. The number of methoxy groups -OCH3 is 2. The Bertz CT molecular complexity index is 1770. The Morgan fingerprint density at radius 1 is 0.914 bits per heavy atom. The summed E-state index contributed by atoms with van der Waals surface area (Å²) in [7, 11) is 3.41. The zero-order chi connectivity index (χ0) is 42.9. The molecule has 2 rings (SSSR count). The zero-order valence-corrected chi connectivity index (χ0v) is 35.5. The van der Waals surface area contributed by atoms with Crippen molar-refractivity contribution in [3.05, 3.63) is 137 Å². The van der Waals surface area contributed by atoms with E-state index in [1.807, 2.05) is 89.3 Å². The summed E-state index contributed by atoms with van der Waals surface area (Å²) in [4.78, 5) is 49.9. The van der Waals surface area contributed by atoms with E-state index in [4.69, 9.17) is 18.9 Å². The van der Waals surface area contributed by atoms with Crippen LogP contribution in [0.15, 0.2) is 137 Å². The minimum absolute atomic E-state index is 0.0350. The summed E-state index contributed by atoms with van der Waals surface area (Å²) in [6.45, 7) is 13.7. The lowest BCUT2D eigenvalue weighted by atomic mass is 9.96. The maximum absolute atomic E-state index is 13.5. The largest absolute Gasteiger partial charge is 0.454 e. The fourth-order valence-corrected chi connectivity index (χ4v) is 5.73. The van der Waals surface area contributed by atoms with Crippen LogP contribution >= 0.6 is 0 Å². The highest BCUT2D eigenvalue weighted by Crippen LogP contribution is 2.21. The minimum Gasteiger partial charge on any atom is -0.454 e. The van der Waals surface area contributed by atoms with Crippen molar-refractivity contribution in [2.75, 3.05) is 26.1 Å². The highest BCUT2D eigenvalue weighted by molar-refractivity contribution is 5.89. The number of anilines is 1. The lowest BCUT2D eigenvalue weighted by Gasteiger charge is -2.23. The van der Waals surface area contributed by atoms with E-state index in [0.717, 1.165) is 36.0 Å². The first-order valence-corrected chi connectivity index (χ1v) is 19.6. The molecule has 6 atom stereocenters. The molecule has 1 aliphatic rings. The van der Waals surface area contributed by atoms with E-state index in [1.54, 1.807) is 51.5 Å². The SMILES string of the molecule is CO[C@@H]1/C=C(C)/C=C/[C@@H](C)/C=C(\C)C(=O)O[C@H](/C(C)=C/C=C(\C)CNC(=O)[C@@H](NC=O)OC(=O)Nc2ccccc2)[C@@H](C)/C=C/C=C/[C@@H](OC)CC/C=C(C)\C=C\C1. The summed E-state index contributed by atoms with van der Waals surface area (Å²) < 4.78 is 22.7. The number of cyclic esters (lactones) is 1. The van der Waals surface area contributed by atoms with E-state index in [1.165, 1.54) is 5.57 Å². The number of esters is 1. The van der Waals surface area contributed by atoms with E-state index in [0.29, 0.717) is 11.3 Å². The second kappa shape index (κ2) is 27.2. The van der Waals surface area contributed by atoms with Crippen molar-refractivity contribution < 1.29 is 38.1 Å². The van der Waals surface area contributed by atoms with Crippen LogP contribution < -0.4 is 16.0 Å². The highest BCUT2D eigenvalue weighted by atomic mass is 16.6. The monoisotopic (exact) mass is 797 g/mol. The Morgan fingerprint density at radius 3 is 2.31 bits per heavy atom. The maximum Gasteiger partial charge on any atom is 0.413 e. The predicted octanol–water partition coefficient (Wildman–Crippen LogP) is 8.78. The van der Waals surface area contributed by atoms with Crippen molar-refractivity contribution in [3.8, 4) is 0 Å². The molecule has 0 aromatic heterocycles. The van der Waals surface area contributed by atoms with Crippen molar-refractivity contribution in [2.45, 2.75) is 92.3 Å². The molecular formula is C47H63N3O8. The van der Waals surface area contributed by atoms with Crippen molar-refractivity contribution >= 4 is 30.1 Å². The number of carbonyl (C=O) groups is 4. The number of allylic oxidation sites excluding steroid dienone is 11. The van der Waals surface area contributed by atoms with Crippen molar-refractivity contribution in [1.82, 2.24) is 10.6 Å². The fraction of sp³-hybridized carbons (Fsp3) is 0.404. The van der Waals surface area contributed by atoms with Gasteiger partial charge in [-0.15, -0.1) is 0 Å². The summed E-state index contributed by atoms with van der Waals surface area (Å²) in [6, 6.07) is 8.56. The van der Waals surface area contributed by atoms with Gasteiger partial charge in [-0.2, -0.15) is 0 Å². The van der Waals surface area contributed by atoms with Gasteiger partial charge in [-0.05, 0) is 77.5 Å². The Labute approximate surface area is 345 Å². The zero-order valence-electron chi connectivity index (χ0n) is 35.5. The molecule has 0 spiro atoms. The lowest BCUT2D eigenvalue weighted by molar-refractivity contribution is -0.144. The quantitative estimate of drug-likeness (QED) is 0.0874. The smallest absolute Gasteiger partial charge is 0.413 e. The molecular weight excluding hydrogens is 735 g/mol. The number of carbonyl (C=O) groups excluding carboxylic acids is 4. The van der Waals surface area contributed by atoms with Crippen LogP contribution in [0, 0.1) is 11.8 Å². The standard InChI is InChI=1S/C47H63N3O8/c1-33-17-15-23-41(55-8)22-14-13-19-37(5)43(57-46(53)39(7)29-34(2)25-26-35(3)30-42(56-9)24-16-18-33)38(6)28-27-36(4)31-48-44(52)45(49-32-51)58-47(54)50-40-20-11-10-12-21-40/h10-14,16-22,25-30,32,34,37,41-43,45H,15,23-24,31H2,1-9H3,(H,48,52)(H,49,51)(H,50,54)/b18-16+,19-13+,22-14+,26-25+,33-17-,35-30+,36-27+,38-28+,39-29+/t34-,37+,41-,42+,43+,45+/m1/s1. The first-order valence-electron chi connectivity index (χ1n) is 19.6. The van der Waals surface area contributed by atoms with Crippen LogP contribution in [0.25, 0.3) is 0 Å². The minimum atomic E-state index is -1.55. The van der Waals surface area contributed by atoms with Crippen LogP contribution in [0.1, 0.15) is 67.7 Å². The van der Waals surface area contributed by atoms with Crippen molar-refractivity contribution in [1.29, 1.82) is 0 Å². The third-order valence-electron chi connectivity index (χ3n) is 9.11. The molecule has 1 aromatic rings. The number of hydrogen-bond donors (Lipinski definition) is 3. The number of nitrogens with one attached hydrogen (secondary N) is 3. The highest BCUT2D eigenvalue weighted by Gasteiger charge is 2.24. The van der Waals surface area contributed by atoms with E-state index in [9.17, 15) is 19.2 Å². The predicted molar refractivity (Wildman–Crippen MR) is 232 cm³/mol. The van der Waals surface area contributed by atoms with Gasteiger partial charge in [-0.3, -0.25) is 14.9 Å². The average Bonchev–Trinajstić information content (AvgIpc) is 3.20. The van der Waals surface area contributed by atoms with Crippen LogP contribution in [0.4, 0.5) is 10.5 Å². The van der Waals surface area contributed by atoms with Gasteiger partial charge in [0.15, 0.2) is 0 Å². The molecule has 0 radical (unpaired) electrons. The Morgan fingerprint density at radius 2 is 1.62 bits per heavy atom. The number of para-hydroxylation sites is 1. The second-order valence-corrected chi connectivity index (χ2v) is 14.3. The Balaban J connectivity index is 2.31. The van der Waals surface area contributed by atoms with Gasteiger partial charge < -0.3 is 29.6 Å². The molecule has 1 aliphatic heterocycles. The molecule has 314 valence electrons. The Hall–Kier alpha value is -5.52. The van der Waals surface area contributed by atoms with Crippen LogP contribution in [0.3, 0.4) is 0 Å². The summed E-state index contributed by atoms with van der Waals surface area (Å²) in [6.07, 6.45) is 25.6. The second-order valence-electron chi connectivity index (χ2n) is 14.3. The first kappa shape index (κ1) is 48.6. The third-order valence-corrected chi connectivity index (χ3v) is 9.11. The van der Waals surface area contributed by atoms with Crippen LogP contribution in [0.5, 0.6) is 0 Å². The first-order chi connectivity index (χ1) is 27.8. The third kappa shape index (κ3) is 19.6. The lowest BCUT2D eigenvalue weighted by Crippen LogP contribution is -2.47. The van der Waals surface area contributed by atoms with Gasteiger partial charge in [0.1, 0.15) is 6.10 Å². The van der Waals surface area contributed by atoms with Crippen LogP contribution in [0.2, 0.25) is 0 Å². The van der Waals surface area contributed by atoms with Gasteiger partial charge in [-0.1, -0.05) is 128 Å². The van der Waals surface area contributed by atoms with Crippen molar-refractivity contribution in [2.24, 2.45) is 11.8 Å². The van der Waals surface area contributed by atoms with Gasteiger partial charge in [0, 0.05) is 37.9 Å². The normalized spacial score (nSPS) is 27.5. The van der Waals surface area contributed by atoms with E-state index in [-0.39, 0.29) is 37.0 Å². The number of hydrogen-bond acceptors (Lipinski definition) is 8. The molecule has 0 aliphatic carbocycles. The van der Waals surface area contributed by atoms with Gasteiger partial charge in [0.2, 0.25) is 6.41 Å². The molecule has 11 nitrogen and oxygen atoms in total. The molecule has 0 fully saturated rings. The molecule has 0 saturated carbocycles. The van der Waals surface area contributed by atoms with Gasteiger partial charge >= 0.3 is 12.1 Å². The van der Waals surface area contributed by atoms with Gasteiger partial charge in [0.25, 0.3) is 12.1 Å². The summed E-state index contributed by atoms with van der Waals surface area (Å²) in [5, 5.41) is 7.39. The molecule has 3 amide bonds. The van der Waals surface area contributed by atoms with Crippen molar-refractivity contribution in [3.63, 3.8) is 0 Å². The fourth-order valence-electron chi connectivity index (χ4n) is 5.73. The summed E-state index contributed by atoms with van der Waals surface area (Å²) in [5.41, 5.74) is 4.72. The molecule has 1 heterocycles. The topological polar surface area (TPSA) is 141 Å². The molecule has 58 heavy (non-hydrogen) atoms. The molecule has 0 unspecified atom stereocenters. The van der Waals surface area contributed by atoms with E-state index < -0.39 is 30.3 Å². The van der Waals surface area contributed by atoms with Gasteiger partial charge in [0.05, 0.1) is 12.2 Å². The molecule has 0 saturated heterocycles.